The summed E-state index contributed by atoms with van der Waals surface area (Å²) >= 11 is 6.09. The number of carbonyl (C=O) groups is 1. The quantitative estimate of drug-likeness (QED) is 0.872. The highest BCUT2D eigenvalue weighted by Crippen LogP contribution is 2.25. The highest BCUT2D eigenvalue weighted by molar-refractivity contribution is 6.32. The van der Waals surface area contributed by atoms with Gasteiger partial charge in [-0.2, -0.15) is 0 Å². The van der Waals surface area contributed by atoms with Crippen LogP contribution in [0.25, 0.3) is 0 Å². The standard InChI is InChI=1S/C14H19ClN2O3/c1-10-7-12(8-11(2)13(10)15)20-9-16-14(18)17-3-5-19-6-4-17/h7-8H,3-6,9H2,1-2H3,(H,16,18). The summed E-state index contributed by atoms with van der Waals surface area (Å²) in [6, 6.07) is 3.59. The van der Waals surface area contributed by atoms with E-state index in [0.717, 1.165) is 16.1 Å². The monoisotopic (exact) mass is 298 g/mol. The summed E-state index contributed by atoms with van der Waals surface area (Å²) in [7, 11) is 0. The minimum absolute atomic E-state index is 0.129. The molecule has 5 nitrogen and oxygen atoms in total. The summed E-state index contributed by atoms with van der Waals surface area (Å²) in [4.78, 5) is 13.5. The van der Waals surface area contributed by atoms with Crippen LogP contribution in [-0.4, -0.2) is 44.0 Å². The summed E-state index contributed by atoms with van der Waals surface area (Å²) in [5.74, 6) is 0.701. The van der Waals surface area contributed by atoms with Gasteiger partial charge in [-0.05, 0) is 37.1 Å². The van der Waals surface area contributed by atoms with E-state index in [2.05, 4.69) is 5.32 Å². The molecule has 0 radical (unpaired) electrons. The smallest absolute Gasteiger partial charge is 0.320 e. The van der Waals surface area contributed by atoms with Gasteiger partial charge in [0.15, 0.2) is 6.73 Å². The van der Waals surface area contributed by atoms with E-state index in [1.54, 1.807) is 4.90 Å². The largest absolute Gasteiger partial charge is 0.473 e. The summed E-state index contributed by atoms with van der Waals surface area (Å²) in [5, 5.41) is 3.48. The van der Waals surface area contributed by atoms with Crippen LogP contribution in [0.1, 0.15) is 11.1 Å². The first-order valence-electron chi connectivity index (χ1n) is 6.58. The van der Waals surface area contributed by atoms with Crippen LogP contribution in [0.3, 0.4) is 0 Å². The zero-order chi connectivity index (χ0) is 14.5. The maximum atomic E-state index is 11.8. The van der Waals surface area contributed by atoms with Crippen molar-refractivity contribution in [3.05, 3.63) is 28.3 Å². The zero-order valence-corrected chi connectivity index (χ0v) is 12.5. The van der Waals surface area contributed by atoms with Crippen molar-refractivity contribution in [2.75, 3.05) is 33.0 Å². The number of carbonyl (C=O) groups excluding carboxylic acids is 1. The first kappa shape index (κ1) is 14.9. The number of amides is 2. The molecule has 0 bridgehead atoms. The second-order valence-electron chi connectivity index (χ2n) is 4.74. The summed E-state index contributed by atoms with van der Waals surface area (Å²) in [5.41, 5.74) is 1.92. The van der Waals surface area contributed by atoms with Crippen LogP contribution in [0.2, 0.25) is 5.02 Å². The number of nitrogens with one attached hydrogen (secondary N) is 1. The van der Waals surface area contributed by atoms with Gasteiger partial charge in [0.2, 0.25) is 0 Å². The number of aryl methyl sites for hydroxylation is 2. The van der Waals surface area contributed by atoms with Gasteiger partial charge in [0, 0.05) is 18.1 Å². The Balaban J connectivity index is 1.82. The molecule has 1 saturated heterocycles. The third kappa shape index (κ3) is 3.77. The molecular formula is C14H19ClN2O3. The average Bonchev–Trinajstić information content (AvgIpc) is 2.45. The van der Waals surface area contributed by atoms with E-state index in [1.165, 1.54) is 0 Å². The lowest BCUT2D eigenvalue weighted by Crippen LogP contribution is -2.47. The van der Waals surface area contributed by atoms with E-state index in [1.807, 2.05) is 26.0 Å². The fourth-order valence-electron chi connectivity index (χ4n) is 2.05. The van der Waals surface area contributed by atoms with Crippen LogP contribution in [0, 0.1) is 13.8 Å². The molecule has 0 spiro atoms. The Kier molecular flexibility index (Phi) is 5.09. The third-order valence-electron chi connectivity index (χ3n) is 3.17. The molecule has 6 heteroatoms. The Morgan fingerprint density at radius 2 is 1.95 bits per heavy atom. The van der Waals surface area contributed by atoms with Gasteiger partial charge in [0.25, 0.3) is 0 Å². The van der Waals surface area contributed by atoms with Gasteiger partial charge in [-0.15, -0.1) is 0 Å². The Labute approximate surface area is 123 Å². The predicted molar refractivity (Wildman–Crippen MR) is 77.3 cm³/mol. The molecular weight excluding hydrogens is 280 g/mol. The van der Waals surface area contributed by atoms with Crippen molar-refractivity contribution in [2.45, 2.75) is 13.8 Å². The summed E-state index contributed by atoms with van der Waals surface area (Å²) in [6.07, 6.45) is 0. The lowest BCUT2D eigenvalue weighted by molar-refractivity contribution is 0.0518. The molecule has 1 heterocycles. The molecule has 2 amide bonds. The normalized spacial score (nSPS) is 15.1. The van der Waals surface area contributed by atoms with Crippen molar-refractivity contribution in [3.63, 3.8) is 0 Å². The van der Waals surface area contributed by atoms with Crippen LogP contribution in [0.5, 0.6) is 5.75 Å². The fourth-order valence-corrected chi connectivity index (χ4v) is 2.16. The summed E-state index contributed by atoms with van der Waals surface area (Å²) < 4.78 is 10.7. The van der Waals surface area contributed by atoms with E-state index < -0.39 is 0 Å². The van der Waals surface area contributed by atoms with E-state index in [-0.39, 0.29) is 12.8 Å². The minimum Gasteiger partial charge on any atom is -0.473 e. The van der Waals surface area contributed by atoms with Crippen LogP contribution in [-0.2, 0) is 4.74 Å². The number of hydrogen-bond donors (Lipinski definition) is 1. The molecule has 1 N–H and O–H groups in total. The van der Waals surface area contributed by atoms with Gasteiger partial charge in [0.1, 0.15) is 5.75 Å². The van der Waals surface area contributed by atoms with E-state index >= 15 is 0 Å². The Bertz CT molecular complexity index is 464. The molecule has 1 aromatic rings. The number of morpholine rings is 1. The number of ether oxygens (including phenoxy) is 2. The summed E-state index contributed by atoms with van der Waals surface area (Å²) in [6.45, 7) is 6.39. The molecule has 1 fully saturated rings. The van der Waals surface area contributed by atoms with Gasteiger partial charge >= 0.3 is 6.03 Å². The number of urea groups is 1. The van der Waals surface area contributed by atoms with Gasteiger partial charge in [-0.3, -0.25) is 0 Å². The lowest BCUT2D eigenvalue weighted by atomic mass is 10.1. The van der Waals surface area contributed by atoms with Crippen molar-refractivity contribution in [3.8, 4) is 5.75 Å². The van der Waals surface area contributed by atoms with Gasteiger partial charge in [-0.25, -0.2) is 4.79 Å². The number of rotatable bonds is 3. The SMILES string of the molecule is Cc1cc(OCNC(=O)N2CCOCC2)cc(C)c1Cl. The average molecular weight is 299 g/mol. The Morgan fingerprint density at radius 3 is 2.55 bits per heavy atom. The maximum absolute atomic E-state index is 11.8. The maximum Gasteiger partial charge on any atom is 0.320 e. The topological polar surface area (TPSA) is 50.8 Å². The molecule has 1 aliphatic rings. The Morgan fingerprint density at radius 1 is 1.35 bits per heavy atom. The molecule has 0 saturated carbocycles. The van der Waals surface area contributed by atoms with E-state index in [9.17, 15) is 4.79 Å². The number of halogens is 1. The molecule has 110 valence electrons. The van der Waals surface area contributed by atoms with Crippen LogP contribution < -0.4 is 10.1 Å². The molecule has 0 aliphatic carbocycles. The molecule has 20 heavy (non-hydrogen) atoms. The molecule has 0 atom stereocenters. The van der Waals surface area contributed by atoms with E-state index in [0.29, 0.717) is 32.1 Å². The van der Waals surface area contributed by atoms with Crippen molar-refractivity contribution in [1.82, 2.24) is 10.2 Å². The van der Waals surface area contributed by atoms with Gasteiger partial charge in [-0.1, -0.05) is 11.6 Å². The first-order valence-corrected chi connectivity index (χ1v) is 6.96. The van der Waals surface area contributed by atoms with E-state index in [4.69, 9.17) is 21.1 Å². The molecule has 0 unspecified atom stereocenters. The lowest BCUT2D eigenvalue weighted by Gasteiger charge is -2.26. The second-order valence-corrected chi connectivity index (χ2v) is 5.12. The minimum atomic E-state index is -0.129. The predicted octanol–water partition coefficient (Wildman–Crippen LogP) is 2.33. The molecule has 1 aromatic carbocycles. The fraction of sp³-hybridized carbons (Fsp3) is 0.500. The Hall–Kier alpha value is -1.46. The van der Waals surface area contributed by atoms with Crippen molar-refractivity contribution >= 4 is 17.6 Å². The number of hydrogen-bond acceptors (Lipinski definition) is 3. The first-order chi connectivity index (χ1) is 9.58. The van der Waals surface area contributed by atoms with Crippen LogP contribution in [0.15, 0.2) is 12.1 Å². The number of nitrogens with zero attached hydrogens (tertiary/aromatic N) is 1. The molecule has 2 rings (SSSR count). The zero-order valence-electron chi connectivity index (χ0n) is 11.7. The number of benzene rings is 1. The van der Waals surface area contributed by atoms with Crippen LogP contribution >= 0.6 is 11.6 Å². The van der Waals surface area contributed by atoms with Gasteiger partial charge < -0.3 is 19.7 Å². The van der Waals surface area contributed by atoms with Gasteiger partial charge in [0.05, 0.1) is 13.2 Å². The highest BCUT2D eigenvalue weighted by Gasteiger charge is 2.16. The molecule has 0 aromatic heterocycles. The third-order valence-corrected chi connectivity index (χ3v) is 3.77. The highest BCUT2D eigenvalue weighted by atomic mass is 35.5. The van der Waals surface area contributed by atoms with Crippen molar-refractivity contribution in [2.24, 2.45) is 0 Å². The second kappa shape index (κ2) is 6.81. The molecule has 1 aliphatic heterocycles. The van der Waals surface area contributed by atoms with Crippen molar-refractivity contribution < 1.29 is 14.3 Å². The van der Waals surface area contributed by atoms with Crippen LogP contribution in [0.4, 0.5) is 4.79 Å². The van der Waals surface area contributed by atoms with Crippen molar-refractivity contribution in [1.29, 1.82) is 0 Å².